The van der Waals surface area contributed by atoms with Gasteiger partial charge in [-0.25, -0.2) is 0 Å². The van der Waals surface area contributed by atoms with Gasteiger partial charge in [0, 0.05) is 11.6 Å². The van der Waals surface area contributed by atoms with Crippen molar-refractivity contribution >= 4 is 5.82 Å². The Balaban J connectivity index is 2.53. The maximum Gasteiger partial charge on any atom is 0.167 e. The van der Waals surface area contributed by atoms with Gasteiger partial charge in [-0.3, -0.25) is 5.10 Å². The molecule has 0 radical (unpaired) electrons. The van der Waals surface area contributed by atoms with E-state index < -0.39 is 0 Å². The van der Waals surface area contributed by atoms with Gasteiger partial charge >= 0.3 is 0 Å². The van der Waals surface area contributed by atoms with Gasteiger partial charge in [-0.2, -0.15) is 5.10 Å². The molecule has 0 spiro atoms. The fourth-order valence-electron chi connectivity index (χ4n) is 1.38. The zero-order valence-corrected chi connectivity index (χ0v) is 8.19. The summed E-state index contributed by atoms with van der Waals surface area (Å²) in [5, 5.41) is 16.4. The van der Waals surface area contributed by atoms with Gasteiger partial charge < -0.3 is 15.6 Å². The van der Waals surface area contributed by atoms with E-state index in [2.05, 4.69) is 10.2 Å². The highest BCUT2D eigenvalue weighted by Gasteiger charge is 2.10. The van der Waals surface area contributed by atoms with E-state index in [0.717, 1.165) is 0 Å². The first-order valence-corrected chi connectivity index (χ1v) is 4.39. The molecule has 0 amide bonds. The van der Waals surface area contributed by atoms with Gasteiger partial charge in [-0.1, -0.05) is 6.07 Å². The zero-order valence-electron chi connectivity index (χ0n) is 8.19. The molecule has 0 aliphatic carbocycles. The Morgan fingerprint density at radius 1 is 1.47 bits per heavy atom. The van der Waals surface area contributed by atoms with Crippen LogP contribution in [-0.4, -0.2) is 22.4 Å². The van der Waals surface area contributed by atoms with Crippen LogP contribution in [0.5, 0.6) is 11.5 Å². The number of methoxy groups -OCH3 is 1. The summed E-state index contributed by atoms with van der Waals surface area (Å²) in [5.74, 6) is 0.872. The first kappa shape index (κ1) is 9.39. The lowest BCUT2D eigenvalue weighted by Gasteiger charge is -2.06. The molecule has 0 atom stereocenters. The number of aromatic amines is 1. The Morgan fingerprint density at radius 2 is 2.27 bits per heavy atom. The minimum Gasteiger partial charge on any atom is -0.504 e. The van der Waals surface area contributed by atoms with Crippen LogP contribution in [0.3, 0.4) is 0 Å². The lowest BCUT2D eigenvalue weighted by Crippen LogP contribution is -1.86. The molecular formula is C10H11N3O2. The monoisotopic (exact) mass is 205 g/mol. The van der Waals surface area contributed by atoms with Crippen molar-refractivity contribution in [3.63, 3.8) is 0 Å². The Labute approximate surface area is 86.5 Å². The minimum absolute atomic E-state index is 0.0728. The van der Waals surface area contributed by atoms with Crippen molar-refractivity contribution < 1.29 is 9.84 Å². The van der Waals surface area contributed by atoms with Crippen LogP contribution in [0.2, 0.25) is 0 Å². The quantitative estimate of drug-likeness (QED) is 0.691. The molecule has 15 heavy (non-hydrogen) atoms. The molecule has 0 fully saturated rings. The van der Waals surface area contributed by atoms with E-state index in [4.69, 9.17) is 10.5 Å². The number of aromatic hydroxyl groups is 1. The highest BCUT2D eigenvalue weighted by molar-refractivity contribution is 5.71. The number of anilines is 1. The second-order valence-electron chi connectivity index (χ2n) is 3.06. The number of benzene rings is 1. The van der Waals surface area contributed by atoms with Crippen molar-refractivity contribution in [3.8, 4) is 22.8 Å². The third-order valence-electron chi connectivity index (χ3n) is 2.11. The molecular weight excluding hydrogens is 194 g/mol. The van der Waals surface area contributed by atoms with Crippen LogP contribution in [0, 0.1) is 0 Å². The third-order valence-corrected chi connectivity index (χ3v) is 2.11. The van der Waals surface area contributed by atoms with Crippen LogP contribution in [0.4, 0.5) is 5.82 Å². The summed E-state index contributed by atoms with van der Waals surface area (Å²) >= 11 is 0. The lowest BCUT2D eigenvalue weighted by molar-refractivity contribution is 0.374. The van der Waals surface area contributed by atoms with Gasteiger partial charge in [0.25, 0.3) is 0 Å². The second-order valence-corrected chi connectivity index (χ2v) is 3.06. The topological polar surface area (TPSA) is 84.2 Å². The van der Waals surface area contributed by atoms with Gasteiger partial charge in [0.1, 0.15) is 5.82 Å². The third kappa shape index (κ3) is 1.59. The van der Waals surface area contributed by atoms with Gasteiger partial charge in [-0.15, -0.1) is 0 Å². The summed E-state index contributed by atoms with van der Waals surface area (Å²) in [4.78, 5) is 0. The molecule has 0 bridgehead atoms. The first-order chi connectivity index (χ1) is 7.22. The molecule has 0 aliphatic heterocycles. The van der Waals surface area contributed by atoms with Gasteiger partial charge in [-0.05, 0) is 12.1 Å². The zero-order chi connectivity index (χ0) is 10.8. The molecule has 0 saturated heterocycles. The smallest absolute Gasteiger partial charge is 0.167 e. The van der Waals surface area contributed by atoms with E-state index in [1.807, 2.05) is 0 Å². The maximum absolute atomic E-state index is 9.84. The van der Waals surface area contributed by atoms with Crippen molar-refractivity contribution in [3.05, 3.63) is 24.3 Å². The second kappa shape index (κ2) is 3.53. The van der Waals surface area contributed by atoms with Crippen molar-refractivity contribution in [1.82, 2.24) is 10.2 Å². The molecule has 1 aromatic carbocycles. The molecule has 0 unspecified atom stereocenters. The van der Waals surface area contributed by atoms with Crippen LogP contribution in [0.25, 0.3) is 11.3 Å². The molecule has 2 aromatic rings. The number of hydrogen-bond donors (Lipinski definition) is 3. The normalized spacial score (nSPS) is 10.2. The number of nitrogens with zero attached hydrogens (tertiary/aromatic N) is 1. The molecule has 1 aromatic heterocycles. The number of para-hydroxylation sites is 1. The number of phenols is 1. The number of H-pyrrole nitrogens is 1. The van der Waals surface area contributed by atoms with Crippen molar-refractivity contribution in [1.29, 1.82) is 0 Å². The Morgan fingerprint density at radius 3 is 2.87 bits per heavy atom. The van der Waals surface area contributed by atoms with Gasteiger partial charge in [0.15, 0.2) is 11.5 Å². The Kier molecular flexibility index (Phi) is 2.21. The standard InChI is InChI=1S/C10H11N3O2/c1-15-8-4-2-3-6(10(8)14)7-5-9(11)13-12-7/h2-5,14H,1H3,(H3,11,12,13). The fourth-order valence-corrected chi connectivity index (χ4v) is 1.38. The van der Waals surface area contributed by atoms with Crippen LogP contribution in [0.1, 0.15) is 0 Å². The molecule has 0 aliphatic rings. The number of nitrogen functional groups attached to an aromatic ring is 1. The van der Waals surface area contributed by atoms with E-state index in [1.165, 1.54) is 7.11 Å². The van der Waals surface area contributed by atoms with Crippen LogP contribution >= 0.6 is 0 Å². The predicted octanol–water partition coefficient (Wildman–Crippen LogP) is 1.37. The molecule has 78 valence electrons. The van der Waals surface area contributed by atoms with Crippen molar-refractivity contribution in [2.75, 3.05) is 12.8 Å². The molecule has 1 heterocycles. The highest BCUT2D eigenvalue weighted by Crippen LogP contribution is 2.36. The summed E-state index contributed by atoms with van der Waals surface area (Å²) in [6, 6.07) is 6.86. The van der Waals surface area contributed by atoms with Crippen LogP contribution in [-0.2, 0) is 0 Å². The lowest BCUT2D eigenvalue weighted by atomic mass is 10.1. The Bertz CT molecular complexity index is 479. The number of nitrogens with one attached hydrogen (secondary N) is 1. The largest absolute Gasteiger partial charge is 0.504 e. The van der Waals surface area contributed by atoms with Gasteiger partial charge in [0.2, 0.25) is 0 Å². The number of phenolic OH excluding ortho intramolecular Hbond substituents is 1. The van der Waals surface area contributed by atoms with E-state index in [0.29, 0.717) is 22.8 Å². The summed E-state index contributed by atoms with van der Waals surface area (Å²) < 4.78 is 5.00. The van der Waals surface area contributed by atoms with Crippen LogP contribution < -0.4 is 10.5 Å². The van der Waals surface area contributed by atoms with Gasteiger partial charge in [0.05, 0.1) is 12.8 Å². The molecule has 2 rings (SSSR count). The first-order valence-electron chi connectivity index (χ1n) is 4.39. The summed E-state index contributed by atoms with van der Waals surface area (Å²) in [6.07, 6.45) is 0. The average Bonchev–Trinajstić information content (AvgIpc) is 2.65. The number of nitrogens with two attached hydrogens (primary N) is 1. The fraction of sp³-hybridized carbons (Fsp3) is 0.100. The average molecular weight is 205 g/mol. The highest BCUT2D eigenvalue weighted by atomic mass is 16.5. The van der Waals surface area contributed by atoms with Crippen molar-refractivity contribution in [2.24, 2.45) is 0 Å². The molecule has 5 nitrogen and oxygen atoms in total. The number of hydrogen-bond acceptors (Lipinski definition) is 4. The van der Waals surface area contributed by atoms with Crippen LogP contribution in [0.15, 0.2) is 24.3 Å². The van der Waals surface area contributed by atoms with E-state index >= 15 is 0 Å². The summed E-state index contributed by atoms with van der Waals surface area (Å²) in [6.45, 7) is 0. The maximum atomic E-state index is 9.84. The molecule has 5 heteroatoms. The van der Waals surface area contributed by atoms with Crippen molar-refractivity contribution in [2.45, 2.75) is 0 Å². The van der Waals surface area contributed by atoms with E-state index in [9.17, 15) is 5.11 Å². The molecule has 0 saturated carbocycles. The minimum atomic E-state index is 0.0728. The number of aromatic nitrogens is 2. The number of rotatable bonds is 2. The SMILES string of the molecule is COc1cccc(-c2cc(N)n[nH]2)c1O. The molecule has 4 N–H and O–H groups in total. The summed E-state index contributed by atoms with van der Waals surface area (Å²) in [5.41, 5.74) is 6.75. The Hall–Kier alpha value is -2.17. The van der Waals surface area contributed by atoms with E-state index in [1.54, 1.807) is 24.3 Å². The number of ether oxygens (including phenoxy) is 1. The predicted molar refractivity (Wildman–Crippen MR) is 56.7 cm³/mol. The van der Waals surface area contributed by atoms with E-state index in [-0.39, 0.29) is 5.75 Å². The summed E-state index contributed by atoms with van der Waals surface area (Å²) in [7, 11) is 1.50.